The standard InChI is InChI=1S/C13H18N2O/c14-9-11-3-5-12(6-4-11)13(16)15-8-7-10-1-2-10/h3-6,10H,1-2,7-9,14H2,(H,15,16). The zero-order valence-electron chi connectivity index (χ0n) is 9.41. The predicted octanol–water partition coefficient (Wildman–Crippen LogP) is 1.68. The highest BCUT2D eigenvalue weighted by Gasteiger charge is 2.20. The molecule has 3 heteroatoms. The molecular formula is C13H18N2O. The van der Waals surface area contributed by atoms with Gasteiger partial charge >= 0.3 is 0 Å². The lowest BCUT2D eigenvalue weighted by molar-refractivity contribution is 0.0952. The maximum atomic E-state index is 11.7. The lowest BCUT2D eigenvalue weighted by atomic mass is 10.1. The van der Waals surface area contributed by atoms with Crippen LogP contribution >= 0.6 is 0 Å². The van der Waals surface area contributed by atoms with Crippen LogP contribution in [0, 0.1) is 5.92 Å². The van der Waals surface area contributed by atoms with E-state index in [1.807, 2.05) is 24.3 Å². The number of benzene rings is 1. The van der Waals surface area contributed by atoms with Gasteiger partial charge in [0.25, 0.3) is 5.91 Å². The Morgan fingerprint density at radius 3 is 2.56 bits per heavy atom. The van der Waals surface area contributed by atoms with Gasteiger partial charge in [0, 0.05) is 18.7 Å². The zero-order valence-corrected chi connectivity index (χ0v) is 9.41. The number of rotatable bonds is 5. The van der Waals surface area contributed by atoms with Gasteiger partial charge < -0.3 is 11.1 Å². The molecule has 1 fully saturated rings. The molecule has 0 radical (unpaired) electrons. The summed E-state index contributed by atoms with van der Waals surface area (Å²) >= 11 is 0. The van der Waals surface area contributed by atoms with Crippen LogP contribution in [0.2, 0.25) is 0 Å². The predicted molar refractivity (Wildman–Crippen MR) is 64.0 cm³/mol. The van der Waals surface area contributed by atoms with Crippen molar-refractivity contribution in [2.24, 2.45) is 11.7 Å². The normalized spacial score (nSPS) is 14.8. The van der Waals surface area contributed by atoms with E-state index < -0.39 is 0 Å². The Morgan fingerprint density at radius 1 is 1.31 bits per heavy atom. The van der Waals surface area contributed by atoms with E-state index in [2.05, 4.69) is 5.32 Å². The number of nitrogens with two attached hydrogens (primary N) is 1. The van der Waals surface area contributed by atoms with Crippen LogP contribution in [0.15, 0.2) is 24.3 Å². The van der Waals surface area contributed by atoms with Gasteiger partial charge in [0.1, 0.15) is 0 Å². The zero-order chi connectivity index (χ0) is 11.4. The number of nitrogens with one attached hydrogen (secondary N) is 1. The van der Waals surface area contributed by atoms with Crippen molar-refractivity contribution in [3.05, 3.63) is 35.4 Å². The molecule has 0 aromatic heterocycles. The van der Waals surface area contributed by atoms with Crippen molar-refractivity contribution < 1.29 is 4.79 Å². The van der Waals surface area contributed by atoms with E-state index in [-0.39, 0.29) is 5.91 Å². The van der Waals surface area contributed by atoms with E-state index >= 15 is 0 Å². The highest BCUT2D eigenvalue weighted by atomic mass is 16.1. The molecule has 1 aliphatic carbocycles. The highest BCUT2D eigenvalue weighted by Crippen LogP contribution is 2.31. The number of hydrogen-bond donors (Lipinski definition) is 2. The van der Waals surface area contributed by atoms with E-state index in [4.69, 9.17) is 5.73 Å². The SMILES string of the molecule is NCc1ccc(C(=O)NCCC2CC2)cc1. The van der Waals surface area contributed by atoms with Gasteiger partial charge in [0.2, 0.25) is 0 Å². The maximum absolute atomic E-state index is 11.7. The summed E-state index contributed by atoms with van der Waals surface area (Å²) in [5.41, 5.74) is 7.26. The van der Waals surface area contributed by atoms with Crippen molar-refractivity contribution in [3.63, 3.8) is 0 Å². The average Bonchev–Trinajstić information content (AvgIpc) is 3.13. The van der Waals surface area contributed by atoms with Crippen LogP contribution < -0.4 is 11.1 Å². The molecule has 0 atom stereocenters. The van der Waals surface area contributed by atoms with Crippen molar-refractivity contribution in [2.75, 3.05) is 6.54 Å². The second-order valence-corrected chi connectivity index (χ2v) is 4.39. The minimum Gasteiger partial charge on any atom is -0.352 e. The largest absolute Gasteiger partial charge is 0.352 e. The van der Waals surface area contributed by atoms with E-state index in [1.54, 1.807) is 0 Å². The van der Waals surface area contributed by atoms with Gasteiger partial charge in [0.05, 0.1) is 0 Å². The van der Waals surface area contributed by atoms with Gasteiger partial charge in [-0.1, -0.05) is 25.0 Å². The molecule has 3 N–H and O–H groups in total. The van der Waals surface area contributed by atoms with Crippen molar-refractivity contribution >= 4 is 5.91 Å². The second kappa shape index (κ2) is 5.12. The van der Waals surface area contributed by atoms with Crippen molar-refractivity contribution in [3.8, 4) is 0 Å². The Morgan fingerprint density at radius 2 is 2.00 bits per heavy atom. The summed E-state index contributed by atoms with van der Waals surface area (Å²) < 4.78 is 0. The van der Waals surface area contributed by atoms with Crippen LogP contribution in [0.1, 0.15) is 35.2 Å². The Hall–Kier alpha value is -1.35. The molecule has 0 heterocycles. The van der Waals surface area contributed by atoms with Crippen LogP contribution in [-0.4, -0.2) is 12.5 Å². The summed E-state index contributed by atoms with van der Waals surface area (Å²) in [6.07, 6.45) is 3.79. The molecule has 1 amide bonds. The summed E-state index contributed by atoms with van der Waals surface area (Å²) in [5, 5.41) is 2.94. The molecule has 3 nitrogen and oxygen atoms in total. The van der Waals surface area contributed by atoms with Gasteiger partial charge in [-0.15, -0.1) is 0 Å². The Balaban J connectivity index is 1.81. The smallest absolute Gasteiger partial charge is 0.251 e. The first kappa shape index (κ1) is 11.1. The number of hydrogen-bond acceptors (Lipinski definition) is 2. The number of amides is 1. The first-order chi connectivity index (χ1) is 7.79. The summed E-state index contributed by atoms with van der Waals surface area (Å²) in [5.74, 6) is 0.879. The molecule has 0 unspecified atom stereocenters. The summed E-state index contributed by atoms with van der Waals surface area (Å²) in [4.78, 5) is 11.7. The molecule has 1 aromatic rings. The number of carbonyl (C=O) groups is 1. The lowest BCUT2D eigenvalue weighted by Crippen LogP contribution is -2.24. The topological polar surface area (TPSA) is 55.1 Å². The van der Waals surface area contributed by atoms with Gasteiger partial charge in [-0.3, -0.25) is 4.79 Å². The summed E-state index contributed by atoms with van der Waals surface area (Å²) in [6.45, 7) is 1.31. The molecule has 86 valence electrons. The molecule has 0 bridgehead atoms. The molecular weight excluding hydrogens is 200 g/mol. The first-order valence-corrected chi connectivity index (χ1v) is 5.87. The van der Waals surface area contributed by atoms with Gasteiger partial charge in [-0.2, -0.15) is 0 Å². The number of carbonyl (C=O) groups excluding carboxylic acids is 1. The van der Waals surface area contributed by atoms with Gasteiger partial charge in [0.15, 0.2) is 0 Å². The third-order valence-corrected chi connectivity index (χ3v) is 2.99. The molecule has 0 spiro atoms. The lowest BCUT2D eigenvalue weighted by Gasteiger charge is -2.05. The molecule has 0 saturated heterocycles. The third-order valence-electron chi connectivity index (χ3n) is 2.99. The van der Waals surface area contributed by atoms with E-state index in [1.165, 1.54) is 12.8 Å². The fraction of sp³-hybridized carbons (Fsp3) is 0.462. The molecule has 16 heavy (non-hydrogen) atoms. The quantitative estimate of drug-likeness (QED) is 0.790. The highest BCUT2D eigenvalue weighted by molar-refractivity contribution is 5.94. The van der Waals surface area contributed by atoms with Crippen LogP contribution in [0.3, 0.4) is 0 Å². The Labute approximate surface area is 96.0 Å². The Bertz CT molecular complexity index is 355. The molecule has 1 aromatic carbocycles. The maximum Gasteiger partial charge on any atom is 0.251 e. The van der Waals surface area contributed by atoms with Crippen molar-refractivity contribution in [1.29, 1.82) is 0 Å². The van der Waals surface area contributed by atoms with Gasteiger partial charge in [-0.05, 0) is 30.0 Å². The first-order valence-electron chi connectivity index (χ1n) is 5.87. The average molecular weight is 218 g/mol. The van der Waals surface area contributed by atoms with Crippen molar-refractivity contribution in [2.45, 2.75) is 25.8 Å². The van der Waals surface area contributed by atoms with E-state index in [0.29, 0.717) is 12.1 Å². The summed E-state index contributed by atoms with van der Waals surface area (Å²) in [7, 11) is 0. The monoisotopic (exact) mass is 218 g/mol. The minimum atomic E-state index is 0.0178. The fourth-order valence-electron chi connectivity index (χ4n) is 1.69. The van der Waals surface area contributed by atoms with Gasteiger partial charge in [-0.25, -0.2) is 0 Å². The molecule has 1 aliphatic rings. The molecule has 2 rings (SSSR count). The van der Waals surface area contributed by atoms with Crippen LogP contribution in [0.5, 0.6) is 0 Å². The Kier molecular flexibility index (Phi) is 3.57. The van der Waals surface area contributed by atoms with E-state index in [9.17, 15) is 4.79 Å². The summed E-state index contributed by atoms with van der Waals surface area (Å²) in [6, 6.07) is 7.45. The van der Waals surface area contributed by atoms with E-state index in [0.717, 1.165) is 24.4 Å². The molecule has 1 saturated carbocycles. The fourth-order valence-corrected chi connectivity index (χ4v) is 1.69. The molecule has 0 aliphatic heterocycles. The second-order valence-electron chi connectivity index (χ2n) is 4.39. The van der Waals surface area contributed by atoms with Crippen molar-refractivity contribution in [1.82, 2.24) is 5.32 Å². The minimum absolute atomic E-state index is 0.0178. The van der Waals surface area contributed by atoms with Crippen LogP contribution in [-0.2, 0) is 6.54 Å². The van der Waals surface area contributed by atoms with Crippen LogP contribution in [0.4, 0.5) is 0 Å². The van der Waals surface area contributed by atoms with Crippen LogP contribution in [0.25, 0.3) is 0 Å². The third kappa shape index (κ3) is 3.07.